The third-order valence-electron chi connectivity index (χ3n) is 5.35. The Hall–Kier alpha value is -1.83. The number of rotatable bonds is 2. The summed E-state index contributed by atoms with van der Waals surface area (Å²) in [6.45, 7) is 6.40. The van der Waals surface area contributed by atoms with Gasteiger partial charge in [0, 0.05) is 44.7 Å². The Balaban J connectivity index is 1.34. The van der Waals surface area contributed by atoms with Gasteiger partial charge in [0.2, 0.25) is 0 Å². The average Bonchev–Trinajstić information content (AvgIpc) is 3.30. The van der Waals surface area contributed by atoms with E-state index in [2.05, 4.69) is 21.9 Å². The summed E-state index contributed by atoms with van der Waals surface area (Å²) in [6.07, 6.45) is 1.81. The van der Waals surface area contributed by atoms with E-state index in [-0.39, 0.29) is 5.79 Å². The van der Waals surface area contributed by atoms with Gasteiger partial charge >= 0.3 is 0 Å². The number of morpholine rings is 1. The van der Waals surface area contributed by atoms with Gasteiger partial charge in [-0.1, -0.05) is 0 Å². The first kappa shape index (κ1) is 15.4. The second kappa shape index (κ2) is 6.16. The number of benzene rings is 1. The quantitative estimate of drug-likeness (QED) is 0.825. The van der Waals surface area contributed by atoms with Gasteiger partial charge in [-0.25, -0.2) is 0 Å². The zero-order valence-corrected chi connectivity index (χ0v) is 14.3. The number of anilines is 2. The van der Waals surface area contributed by atoms with Gasteiger partial charge in [0.25, 0.3) is 6.01 Å². The minimum atomic E-state index is -0.335. The second-order valence-electron chi connectivity index (χ2n) is 6.84. The molecule has 0 aliphatic carbocycles. The fourth-order valence-electron chi connectivity index (χ4n) is 3.88. The molecule has 3 aliphatic rings. The Morgan fingerprint density at radius 1 is 0.880 bits per heavy atom. The van der Waals surface area contributed by atoms with Crippen LogP contribution in [0.1, 0.15) is 12.8 Å². The van der Waals surface area contributed by atoms with Gasteiger partial charge in [-0.2, -0.15) is 4.98 Å². The van der Waals surface area contributed by atoms with Crippen molar-refractivity contribution >= 4 is 22.8 Å². The largest absolute Gasteiger partial charge is 0.423 e. The molecule has 1 aromatic carbocycles. The van der Waals surface area contributed by atoms with Gasteiger partial charge in [-0.05, 0) is 18.2 Å². The summed E-state index contributed by atoms with van der Waals surface area (Å²) in [4.78, 5) is 9.21. The lowest BCUT2D eigenvalue weighted by atomic mass is 10.0. The van der Waals surface area contributed by atoms with Crippen molar-refractivity contribution in [3.63, 3.8) is 0 Å². The first-order valence-corrected chi connectivity index (χ1v) is 9.08. The van der Waals surface area contributed by atoms with Gasteiger partial charge in [0.1, 0.15) is 5.52 Å². The highest BCUT2D eigenvalue weighted by atomic mass is 16.7. The second-order valence-corrected chi connectivity index (χ2v) is 6.84. The standard InChI is InChI=1S/C18H23N3O4/c1-2-16-15(19-17(25-16)21-7-9-22-10-8-21)13-14(1)20-5-3-18(4-6-20)23-11-12-24-18/h1-2,13H,3-12H2. The number of ether oxygens (including phenoxy) is 3. The van der Waals surface area contributed by atoms with Crippen LogP contribution in [0.15, 0.2) is 22.6 Å². The number of hydrogen-bond acceptors (Lipinski definition) is 7. The molecule has 0 saturated carbocycles. The van der Waals surface area contributed by atoms with E-state index in [0.29, 0.717) is 6.01 Å². The number of aromatic nitrogens is 1. The summed E-state index contributed by atoms with van der Waals surface area (Å²) in [6, 6.07) is 6.96. The minimum absolute atomic E-state index is 0.335. The summed E-state index contributed by atoms with van der Waals surface area (Å²) >= 11 is 0. The van der Waals surface area contributed by atoms with E-state index in [0.717, 1.165) is 76.5 Å². The van der Waals surface area contributed by atoms with E-state index in [1.54, 1.807) is 0 Å². The lowest BCUT2D eigenvalue weighted by molar-refractivity contribution is -0.169. The van der Waals surface area contributed by atoms with E-state index in [9.17, 15) is 0 Å². The molecular weight excluding hydrogens is 322 g/mol. The van der Waals surface area contributed by atoms with Crippen molar-refractivity contribution in [2.24, 2.45) is 0 Å². The van der Waals surface area contributed by atoms with Crippen LogP contribution in [-0.4, -0.2) is 63.4 Å². The molecular formula is C18H23N3O4. The fraction of sp³-hybridized carbons (Fsp3) is 0.611. The van der Waals surface area contributed by atoms with E-state index in [1.807, 2.05) is 6.07 Å². The summed E-state index contributed by atoms with van der Waals surface area (Å²) in [5.74, 6) is -0.335. The van der Waals surface area contributed by atoms with Crippen molar-refractivity contribution in [1.82, 2.24) is 4.98 Å². The zero-order valence-electron chi connectivity index (χ0n) is 14.3. The first-order chi connectivity index (χ1) is 12.3. The molecule has 0 N–H and O–H groups in total. The number of oxazole rings is 1. The smallest absolute Gasteiger partial charge is 0.298 e. The molecule has 4 heterocycles. The normalized spacial score (nSPS) is 23.7. The summed E-state index contributed by atoms with van der Waals surface area (Å²) in [5, 5.41) is 0. The fourth-order valence-corrected chi connectivity index (χ4v) is 3.88. The number of piperidine rings is 1. The molecule has 0 unspecified atom stereocenters. The Labute approximate surface area is 146 Å². The maximum atomic E-state index is 5.93. The Bertz CT molecular complexity index is 740. The molecule has 5 rings (SSSR count). The summed E-state index contributed by atoms with van der Waals surface area (Å²) < 4.78 is 23.0. The van der Waals surface area contributed by atoms with Gasteiger partial charge in [-0.3, -0.25) is 0 Å². The predicted octanol–water partition coefficient (Wildman–Crippen LogP) is 2.01. The van der Waals surface area contributed by atoms with Crippen molar-refractivity contribution in [3.05, 3.63) is 18.2 Å². The highest BCUT2D eigenvalue weighted by Gasteiger charge is 2.39. The molecule has 1 aromatic heterocycles. The van der Waals surface area contributed by atoms with Crippen molar-refractivity contribution in [2.75, 3.05) is 62.4 Å². The van der Waals surface area contributed by atoms with Crippen LogP contribution in [0.3, 0.4) is 0 Å². The highest BCUT2D eigenvalue weighted by molar-refractivity contribution is 5.79. The number of hydrogen-bond donors (Lipinski definition) is 0. The van der Waals surface area contributed by atoms with Crippen LogP contribution in [0.25, 0.3) is 11.1 Å². The number of fused-ring (bicyclic) bond motifs is 1. The summed E-state index contributed by atoms with van der Waals surface area (Å²) in [7, 11) is 0. The van der Waals surface area contributed by atoms with Crippen molar-refractivity contribution in [1.29, 1.82) is 0 Å². The molecule has 7 nitrogen and oxygen atoms in total. The molecule has 0 atom stereocenters. The Kier molecular flexibility index (Phi) is 3.80. The molecule has 0 bridgehead atoms. The van der Waals surface area contributed by atoms with Gasteiger partial charge in [0.05, 0.1) is 26.4 Å². The molecule has 3 aliphatic heterocycles. The van der Waals surface area contributed by atoms with Crippen LogP contribution < -0.4 is 9.80 Å². The molecule has 1 spiro atoms. The minimum Gasteiger partial charge on any atom is -0.423 e. The van der Waals surface area contributed by atoms with Crippen LogP contribution in [0.4, 0.5) is 11.7 Å². The van der Waals surface area contributed by atoms with Crippen LogP contribution in [0, 0.1) is 0 Å². The zero-order chi connectivity index (χ0) is 16.7. The maximum absolute atomic E-state index is 5.93. The number of nitrogens with zero attached hydrogens (tertiary/aromatic N) is 3. The maximum Gasteiger partial charge on any atom is 0.298 e. The lowest BCUT2D eigenvalue weighted by Gasteiger charge is -2.38. The van der Waals surface area contributed by atoms with Gasteiger partial charge in [0.15, 0.2) is 11.4 Å². The van der Waals surface area contributed by atoms with E-state index >= 15 is 0 Å². The van der Waals surface area contributed by atoms with Crippen LogP contribution in [0.2, 0.25) is 0 Å². The van der Waals surface area contributed by atoms with E-state index in [1.165, 1.54) is 5.69 Å². The van der Waals surface area contributed by atoms with Gasteiger partial charge < -0.3 is 28.4 Å². The van der Waals surface area contributed by atoms with E-state index < -0.39 is 0 Å². The van der Waals surface area contributed by atoms with Crippen molar-refractivity contribution < 1.29 is 18.6 Å². The topological polar surface area (TPSA) is 60.2 Å². The SMILES string of the molecule is c1cc2oc(N3CCOCC3)nc2cc1N1CCC2(CC1)OCCO2. The van der Waals surface area contributed by atoms with Crippen molar-refractivity contribution in [3.8, 4) is 0 Å². The monoisotopic (exact) mass is 345 g/mol. The van der Waals surface area contributed by atoms with Crippen molar-refractivity contribution in [2.45, 2.75) is 18.6 Å². The highest BCUT2D eigenvalue weighted by Crippen LogP contribution is 2.34. The Morgan fingerprint density at radius 3 is 2.40 bits per heavy atom. The molecule has 0 radical (unpaired) electrons. The molecule has 7 heteroatoms. The van der Waals surface area contributed by atoms with E-state index in [4.69, 9.17) is 23.6 Å². The first-order valence-electron chi connectivity index (χ1n) is 9.08. The molecule has 3 fully saturated rings. The lowest BCUT2D eigenvalue weighted by Crippen LogP contribution is -2.45. The predicted molar refractivity (Wildman–Crippen MR) is 93.1 cm³/mol. The molecule has 134 valence electrons. The van der Waals surface area contributed by atoms with Crippen LogP contribution in [-0.2, 0) is 14.2 Å². The third kappa shape index (κ3) is 2.86. The molecule has 2 aromatic rings. The van der Waals surface area contributed by atoms with Gasteiger partial charge in [-0.15, -0.1) is 0 Å². The Morgan fingerprint density at radius 2 is 1.64 bits per heavy atom. The third-order valence-corrected chi connectivity index (χ3v) is 5.35. The van der Waals surface area contributed by atoms with Crippen LogP contribution in [0.5, 0.6) is 0 Å². The molecule has 25 heavy (non-hydrogen) atoms. The van der Waals surface area contributed by atoms with Crippen LogP contribution >= 0.6 is 0 Å². The average molecular weight is 345 g/mol. The summed E-state index contributed by atoms with van der Waals surface area (Å²) in [5.41, 5.74) is 2.93. The molecule has 3 saturated heterocycles. The molecule has 0 amide bonds.